The van der Waals surface area contributed by atoms with Crippen molar-refractivity contribution in [3.8, 4) is 0 Å². The predicted octanol–water partition coefficient (Wildman–Crippen LogP) is 1.59. The third-order valence-corrected chi connectivity index (χ3v) is 3.52. The van der Waals surface area contributed by atoms with Gasteiger partial charge in [0.2, 0.25) is 5.91 Å². The molecule has 2 rings (SSSR count). The van der Waals surface area contributed by atoms with E-state index in [0.717, 1.165) is 19.4 Å². The van der Waals surface area contributed by atoms with E-state index >= 15 is 0 Å². The first-order valence-electron chi connectivity index (χ1n) is 6.82. The average molecular weight is 262 g/mol. The quantitative estimate of drug-likeness (QED) is 0.792. The third kappa shape index (κ3) is 3.47. The van der Waals surface area contributed by atoms with E-state index in [2.05, 4.69) is 41.4 Å². The Labute approximate surface area is 114 Å². The molecule has 4 nitrogen and oxygen atoms in total. The van der Waals surface area contributed by atoms with Gasteiger partial charge in [0, 0.05) is 31.9 Å². The highest BCUT2D eigenvalue weighted by molar-refractivity contribution is 5.77. The van der Waals surface area contributed by atoms with Crippen LogP contribution in [-0.4, -0.2) is 38.8 Å². The summed E-state index contributed by atoms with van der Waals surface area (Å²) in [6.07, 6.45) is 2.07. The smallest absolute Gasteiger partial charge is 0.245 e. The molecule has 0 aromatic heterocycles. The summed E-state index contributed by atoms with van der Waals surface area (Å²) in [6, 6.07) is 9.12. The van der Waals surface area contributed by atoms with Gasteiger partial charge in [-0.15, -0.1) is 0 Å². The molecule has 1 aliphatic rings. The summed E-state index contributed by atoms with van der Waals surface area (Å²) < 4.78 is 4.78. The van der Waals surface area contributed by atoms with E-state index in [-0.39, 0.29) is 12.5 Å². The summed E-state index contributed by atoms with van der Waals surface area (Å²) in [4.78, 5) is 13.7. The van der Waals surface area contributed by atoms with Crippen LogP contribution in [0.3, 0.4) is 0 Å². The highest BCUT2D eigenvalue weighted by Gasteiger charge is 2.24. The summed E-state index contributed by atoms with van der Waals surface area (Å²) in [5.41, 5.74) is 2.77. The zero-order chi connectivity index (χ0) is 13.7. The molecule has 0 fully saturated rings. The fourth-order valence-electron chi connectivity index (χ4n) is 2.63. The highest BCUT2D eigenvalue weighted by Crippen LogP contribution is 2.31. The predicted molar refractivity (Wildman–Crippen MR) is 76.5 cm³/mol. The second-order valence-corrected chi connectivity index (χ2v) is 5.01. The Kier molecular flexibility index (Phi) is 4.80. The van der Waals surface area contributed by atoms with Gasteiger partial charge in [-0.3, -0.25) is 4.79 Å². The maximum atomic E-state index is 11.3. The monoisotopic (exact) mass is 262 g/mol. The maximum absolute atomic E-state index is 11.3. The van der Waals surface area contributed by atoms with E-state index in [4.69, 9.17) is 4.74 Å². The number of ether oxygens (including phenoxy) is 1. The molecule has 1 aromatic carbocycles. The molecular formula is C15H22N2O2. The molecule has 1 aliphatic heterocycles. The van der Waals surface area contributed by atoms with Crippen LogP contribution in [0.5, 0.6) is 0 Å². The number of fused-ring (bicyclic) bond motifs is 1. The largest absolute Gasteiger partial charge is 0.375 e. The fraction of sp³-hybridized carbons (Fsp3) is 0.533. The number of hydrogen-bond acceptors (Lipinski definition) is 3. The Bertz CT molecular complexity index is 434. The third-order valence-electron chi connectivity index (χ3n) is 3.52. The molecule has 4 heteroatoms. The molecule has 1 N–H and O–H groups in total. The Morgan fingerprint density at radius 1 is 1.47 bits per heavy atom. The number of carbonyl (C=O) groups is 1. The van der Waals surface area contributed by atoms with Crippen molar-refractivity contribution in [3.05, 3.63) is 29.8 Å². The molecule has 0 radical (unpaired) electrons. The number of nitrogens with one attached hydrogen (secondary N) is 1. The molecule has 0 aliphatic carbocycles. The van der Waals surface area contributed by atoms with Gasteiger partial charge in [0.1, 0.15) is 6.61 Å². The van der Waals surface area contributed by atoms with Crippen LogP contribution >= 0.6 is 0 Å². The summed E-state index contributed by atoms with van der Waals surface area (Å²) in [5.74, 6) is -0.0441. The van der Waals surface area contributed by atoms with Crippen molar-refractivity contribution in [3.63, 3.8) is 0 Å². The normalized spacial score (nSPS) is 17.4. The van der Waals surface area contributed by atoms with Crippen LogP contribution in [0, 0.1) is 0 Å². The van der Waals surface area contributed by atoms with Gasteiger partial charge in [0.15, 0.2) is 0 Å². The van der Waals surface area contributed by atoms with E-state index in [9.17, 15) is 4.79 Å². The lowest BCUT2D eigenvalue weighted by molar-refractivity contribution is -0.124. The minimum atomic E-state index is -0.0441. The first-order chi connectivity index (χ1) is 9.22. The van der Waals surface area contributed by atoms with Crippen molar-refractivity contribution in [1.29, 1.82) is 0 Å². The van der Waals surface area contributed by atoms with Gasteiger partial charge in [-0.25, -0.2) is 0 Å². The van der Waals surface area contributed by atoms with E-state index in [1.54, 1.807) is 0 Å². The van der Waals surface area contributed by atoms with E-state index in [0.29, 0.717) is 12.6 Å². The number of carbonyl (C=O) groups excluding carboxylic acids is 1. The number of methoxy groups -OCH3 is 1. The van der Waals surface area contributed by atoms with Gasteiger partial charge in [-0.1, -0.05) is 18.2 Å². The maximum Gasteiger partial charge on any atom is 0.245 e. The number of nitrogens with zero attached hydrogens (tertiary/aromatic N) is 1. The highest BCUT2D eigenvalue weighted by atomic mass is 16.5. The molecule has 0 spiro atoms. The van der Waals surface area contributed by atoms with Crippen molar-refractivity contribution in [2.24, 2.45) is 0 Å². The lowest BCUT2D eigenvalue weighted by Gasteiger charge is -2.24. The average Bonchev–Trinajstić information content (AvgIpc) is 2.71. The Hall–Kier alpha value is -1.55. The molecular weight excluding hydrogens is 240 g/mol. The first-order valence-corrected chi connectivity index (χ1v) is 6.82. The summed E-state index contributed by atoms with van der Waals surface area (Å²) in [6.45, 7) is 4.07. The topological polar surface area (TPSA) is 41.6 Å². The fourth-order valence-corrected chi connectivity index (χ4v) is 2.63. The number of hydrogen-bond donors (Lipinski definition) is 1. The Morgan fingerprint density at radius 3 is 3.05 bits per heavy atom. The van der Waals surface area contributed by atoms with Crippen molar-refractivity contribution in [2.45, 2.75) is 25.8 Å². The van der Waals surface area contributed by atoms with Crippen LogP contribution in [-0.2, 0) is 16.0 Å². The van der Waals surface area contributed by atoms with Crippen LogP contribution in [0.2, 0.25) is 0 Å². The minimum absolute atomic E-state index is 0.0441. The van der Waals surface area contributed by atoms with Crippen LogP contribution in [0.4, 0.5) is 5.69 Å². The Balaban J connectivity index is 1.79. The van der Waals surface area contributed by atoms with Crippen molar-refractivity contribution in [1.82, 2.24) is 5.32 Å². The van der Waals surface area contributed by atoms with Crippen molar-refractivity contribution < 1.29 is 9.53 Å². The summed E-state index contributed by atoms with van der Waals surface area (Å²) >= 11 is 0. The SMILES string of the molecule is COCC(=O)NCCCN1c2ccccc2C[C@@H]1C. The number of benzene rings is 1. The van der Waals surface area contributed by atoms with E-state index in [1.165, 1.54) is 18.4 Å². The number of anilines is 1. The molecule has 1 atom stereocenters. The van der Waals surface area contributed by atoms with Gasteiger partial charge >= 0.3 is 0 Å². The molecule has 19 heavy (non-hydrogen) atoms. The van der Waals surface area contributed by atoms with Gasteiger partial charge in [-0.05, 0) is 31.4 Å². The zero-order valence-electron chi connectivity index (χ0n) is 11.7. The van der Waals surface area contributed by atoms with Crippen LogP contribution in [0.25, 0.3) is 0 Å². The first kappa shape index (κ1) is 13.9. The minimum Gasteiger partial charge on any atom is -0.375 e. The van der Waals surface area contributed by atoms with E-state index < -0.39 is 0 Å². The molecule has 1 amide bonds. The van der Waals surface area contributed by atoms with Gasteiger partial charge in [-0.2, -0.15) is 0 Å². The molecule has 1 heterocycles. The molecule has 0 saturated carbocycles. The zero-order valence-corrected chi connectivity index (χ0v) is 11.7. The lowest BCUT2D eigenvalue weighted by Crippen LogP contribution is -2.34. The lowest BCUT2D eigenvalue weighted by atomic mass is 10.1. The van der Waals surface area contributed by atoms with Crippen molar-refractivity contribution >= 4 is 11.6 Å². The number of rotatable bonds is 6. The second kappa shape index (κ2) is 6.57. The van der Waals surface area contributed by atoms with Gasteiger partial charge in [0.05, 0.1) is 0 Å². The molecule has 0 bridgehead atoms. The summed E-state index contributed by atoms with van der Waals surface area (Å²) in [7, 11) is 1.53. The molecule has 1 aromatic rings. The number of para-hydroxylation sites is 1. The van der Waals surface area contributed by atoms with Crippen LogP contribution in [0.15, 0.2) is 24.3 Å². The molecule has 104 valence electrons. The second-order valence-electron chi connectivity index (χ2n) is 5.01. The van der Waals surface area contributed by atoms with Gasteiger partial charge < -0.3 is 15.0 Å². The molecule has 0 saturated heterocycles. The standard InChI is InChI=1S/C15H22N2O2/c1-12-10-13-6-3-4-7-14(13)17(12)9-5-8-16-15(18)11-19-2/h3-4,6-7,12H,5,8-11H2,1-2H3,(H,16,18)/t12-/m0/s1. The van der Waals surface area contributed by atoms with Crippen LogP contribution < -0.4 is 10.2 Å². The number of amides is 1. The van der Waals surface area contributed by atoms with E-state index in [1.807, 2.05) is 0 Å². The Morgan fingerprint density at radius 2 is 2.26 bits per heavy atom. The van der Waals surface area contributed by atoms with Crippen molar-refractivity contribution in [2.75, 3.05) is 31.7 Å². The molecule has 0 unspecified atom stereocenters. The van der Waals surface area contributed by atoms with Crippen LogP contribution in [0.1, 0.15) is 18.9 Å². The summed E-state index contributed by atoms with van der Waals surface area (Å²) in [5, 5.41) is 2.86. The van der Waals surface area contributed by atoms with Gasteiger partial charge in [0.25, 0.3) is 0 Å².